The van der Waals surface area contributed by atoms with Crippen molar-refractivity contribution in [3.8, 4) is 0 Å². The first-order chi connectivity index (χ1) is 11.1. The van der Waals surface area contributed by atoms with Crippen LogP contribution in [0.4, 0.5) is 13.2 Å². The van der Waals surface area contributed by atoms with Gasteiger partial charge in [-0.05, 0) is 46.7 Å². The molecule has 2 heterocycles. The Balaban J connectivity index is 2.43. The lowest BCUT2D eigenvalue weighted by Gasteiger charge is -2.30. The van der Waals surface area contributed by atoms with Crippen molar-refractivity contribution in [1.82, 2.24) is 20.0 Å². The van der Waals surface area contributed by atoms with Gasteiger partial charge in [-0.3, -0.25) is 9.48 Å². The number of likely N-dealkylation sites (tertiary alicyclic amines) is 1. The molecule has 2 atom stereocenters. The molecule has 1 saturated heterocycles. The molecule has 0 bridgehead atoms. The molecule has 0 saturated carbocycles. The van der Waals surface area contributed by atoms with Crippen LogP contribution < -0.4 is 5.32 Å². The largest absolute Gasteiger partial charge is 0.435 e. The number of aromatic nitrogens is 2. The molecule has 1 aliphatic rings. The average molecular weight is 346 g/mol. The van der Waals surface area contributed by atoms with E-state index in [9.17, 15) is 18.0 Å². The summed E-state index contributed by atoms with van der Waals surface area (Å²) < 4.78 is 41.6. The standard InChI is InChI=1S/C16H25F3N4O/c1-5-10(2)20-15(24)13-11(3)23(21-14(13)16(17,18)19)12-7-6-8-22(4)9-12/h10,12H,5-9H2,1-4H3,(H,20,24). The monoisotopic (exact) mass is 346 g/mol. The predicted molar refractivity (Wildman–Crippen MR) is 85.0 cm³/mol. The molecule has 0 aliphatic carbocycles. The van der Waals surface area contributed by atoms with Gasteiger partial charge in [0.25, 0.3) is 5.91 Å². The predicted octanol–water partition coefficient (Wildman–Crippen LogP) is 3.01. The van der Waals surface area contributed by atoms with Crippen LogP contribution in [0.25, 0.3) is 0 Å². The Morgan fingerprint density at radius 2 is 2.12 bits per heavy atom. The summed E-state index contributed by atoms with van der Waals surface area (Å²) in [6.07, 6.45) is -2.35. The van der Waals surface area contributed by atoms with Crippen LogP contribution >= 0.6 is 0 Å². The molecule has 0 radical (unpaired) electrons. The van der Waals surface area contributed by atoms with Crippen molar-refractivity contribution in [3.63, 3.8) is 0 Å². The number of nitrogens with one attached hydrogen (secondary N) is 1. The molecule has 2 unspecified atom stereocenters. The first-order valence-corrected chi connectivity index (χ1v) is 8.30. The zero-order valence-electron chi connectivity index (χ0n) is 14.6. The average Bonchev–Trinajstić information content (AvgIpc) is 2.84. The van der Waals surface area contributed by atoms with Gasteiger partial charge in [0.1, 0.15) is 0 Å². The van der Waals surface area contributed by atoms with Gasteiger partial charge in [0.2, 0.25) is 0 Å². The van der Waals surface area contributed by atoms with Gasteiger partial charge in [-0.15, -0.1) is 0 Å². The van der Waals surface area contributed by atoms with Gasteiger partial charge in [0.15, 0.2) is 5.69 Å². The number of piperidine rings is 1. The highest BCUT2D eigenvalue weighted by Gasteiger charge is 2.41. The van der Waals surface area contributed by atoms with E-state index < -0.39 is 17.8 Å². The summed E-state index contributed by atoms with van der Waals surface area (Å²) in [7, 11) is 1.94. The molecule has 1 aromatic rings. The lowest BCUT2D eigenvalue weighted by molar-refractivity contribution is -0.142. The Morgan fingerprint density at radius 3 is 2.67 bits per heavy atom. The molecule has 1 aliphatic heterocycles. The molecule has 1 fully saturated rings. The number of likely N-dealkylation sites (N-methyl/N-ethyl adjacent to an activating group) is 1. The SMILES string of the molecule is CCC(C)NC(=O)c1c(C(F)(F)F)nn(C2CCCN(C)C2)c1C. The van der Waals surface area contributed by atoms with E-state index in [1.54, 1.807) is 13.8 Å². The van der Waals surface area contributed by atoms with E-state index in [0.29, 0.717) is 13.0 Å². The van der Waals surface area contributed by atoms with Crippen molar-refractivity contribution in [1.29, 1.82) is 0 Å². The van der Waals surface area contributed by atoms with Crippen LogP contribution in [-0.2, 0) is 6.18 Å². The molecule has 2 rings (SSSR count). The number of alkyl halides is 3. The van der Waals surface area contributed by atoms with E-state index in [1.165, 1.54) is 4.68 Å². The van der Waals surface area contributed by atoms with Crippen LogP contribution in [0.3, 0.4) is 0 Å². The fourth-order valence-corrected chi connectivity index (χ4v) is 3.08. The summed E-state index contributed by atoms with van der Waals surface area (Å²) in [5.41, 5.74) is -1.16. The highest BCUT2D eigenvalue weighted by molar-refractivity contribution is 5.96. The Morgan fingerprint density at radius 1 is 1.46 bits per heavy atom. The number of rotatable bonds is 4. The third-order valence-corrected chi connectivity index (χ3v) is 4.58. The second-order valence-electron chi connectivity index (χ2n) is 6.59. The van der Waals surface area contributed by atoms with Crippen molar-refractivity contribution in [3.05, 3.63) is 17.0 Å². The molecule has 24 heavy (non-hydrogen) atoms. The number of halogens is 3. The van der Waals surface area contributed by atoms with Gasteiger partial charge in [0.05, 0.1) is 11.6 Å². The van der Waals surface area contributed by atoms with Crippen LogP contribution in [-0.4, -0.2) is 46.8 Å². The smallest absolute Gasteiger partial charge is 0.349 e. The number of hydrogen-bond donors (Lipinski definition) is 1. The molecule has 136 valence electrons. The van der Waals surface area contributed by atoms with Crippen LogP contribution in [0.5, 0.6) is 0 Å². The van der Waals surface area contributed by atoms with Crippen molar-refractivity contribution < 1.29 is 18.0 Å². The van der Waals surface area contributed by atoms with Crippen LogP contribution in [0.15, 0.2) is 0 Å². The summed E-state index contributed by atoms with van der Waals surface area (Å²) in [5, 5.41) is 6.42. The Kier molecular flexibility index (Phi) is 5.57. The Bertz CT molecular complexity index is 597. The van der Waals surface area contributed by atoms with Gasteiger partial charge in [-0.2, -0.15) is 18.3 Å². The maximum Gasteiger partial charge on any atom is 0.435 e. The van der Waals surface area contributed by atoms with Crippen LogP contribution in [0, 0.1) is 6.92 Å². The van der Waals surface area contributed by atoms with Gasteiger partial charge < -0.3 is 10.2 Å². The van der Waals surface area contributed by atoms with Gasteiger partial charge >= 0.3 is 6.18 Å². The molecular weight excluding hydrogens is 321 g/mol. The molecular formula is C16H25F3N4O. The maximum atomic E-state index is 13.4. The Labute approximate surface area is 140 Å². The topological polar surface area (TPSA) is 50.2 Å². The number of carbonyl (C=O) groups excluding carboxylic acids is 1. The maximum absolute atomic E-state index is 13.4. The third-order valence-electron chi connectivity index (χ3n) is 4.58. The van der Waals surface area contributed by atoms with E-state index in [-0.39, 0.29) is 23.3 Å². The van der Waals surface area contributed by atoms with E-state index in [4.69, 9.17) is 0 Å². The minimum Gasteiger partial charge on any atom is -0.349 e. The molecule has 1 amide bonds. The van der Waals surface area contributed by atoms with Crippen LogP contribution in [0.2, 0.25) is 0 Å². The van der Waals surface area contributed by atoms with E-state index in [2.05, 4.69) is 15.3 Å². The Hall–Kier alpha value is -1.57. The van der Waals surface area contributed by atoms with E-state index in [0.717, 1.165) is 19.4 Å². The molecule has 0 spiro atoms. The summed E-state index contributed by atoms with van der Waals surface area (Å²) in [6, 6.07) is -0.336. The molecule has 8 heteroatoms. The number of hydrogen-bond acceptors (Lipinski definition) is 3. The number of carbonyl (C=O) groups is 1. The van der Waals surface area contributed by atoms with Crippen LogP contribution in [0.1, 0.15) is 60.9 Å². The fourth-order valence-electron chi connectivity index (χ4n) is 3.08. The zero-order valence-corrected chi connectivity index (χ0v) is 14.6. The molecule has 5 nitrogen and oxygen atoms in total. The molecule has 0 aromatic carbocycles. The van der Waals surface area contributed by atoms with Crippen molar-refractivity contribution in [2.24, 2.45) is 0 Å². The second-order valence-corrected chi connectivity index (χ2v) is 6.59. The lowest BCUT2D eigenvalue weighted by Crippen LogP contribution is -2.35. The first-order valence-electron chi connectivity index (χ1n) is 8.30. The van der Waals surface area contributed by atoms with Crippen molar-refractivity contribution >= 4 is 5.91 Å². The summed E-state index contributed by atoms with van der Waals surface area (Å²) >= 11 is 0. The summed E-state index contributed by atoms with van der Waals surface area (Å²) in [4.78, 5) is 14.5. The summed E-state index contributed by atoms with van der Waals surface area (Å²) in [6.45, 7) is 6.73. The quantitative estimate of drug-likeness (QED) is 0.912. The minimum atomic E-state index is -4.65. The van der Waals surface area contributed by atoms with Gasteiger partial charge in [-0.1, -0.05) is 6.92 Å². The van der Waals surface area contributed by atoms with Gasteiger partial charge in [0, 0.05) is 18.3 Å². The third kappa shape index (κ3) is 3.91. The molecule has 1 aromatic heterocycles. The number of amides is 1. The fraction of sp³-hybridized carbons (Fsp3) is 0.750. The van der Waals surface area contributed by atoms with Crippen molar-refractivity contribution in [2.45, 2.75) is 58.3 Å². The van der Waals surface area contributed by atoms with Crippen molar-refractivity contribution in [2.75, 3.05) is 20.1 Å². The van der Waals surface area contributed by atoms with E-state index >= 15 is 0 Å². The lowest BCUT2D eigenvalue weighted by atomic mass is 10.1. The normalized spacial score (nSPS) is 20.9. The van der Waals surface area contributed by atoms with Gasteiger partial charge in [-0.25, -0.2) is 0 Å². The zero-order chi connectivity index (χ0) is 18.1. The highest BCUT2D eigenvalue weighted by atomic mass is 19.4. The summed E-state index contributed by atoms with van der Waals surface area (Å²) in [5.74, 6) is -0.704. The minimum absolute atomic E-state index is 0.144. The molecule has 1 N–H and O–H groups in total. The highest BCUT2D eigenvalue weighted by Crippen LogP contribution is 2.34. The van der Waals surface area contributed by atoms with E-state index in [1.807, 2.05) is 14.0 Å². The number of nitrogens with zero attached hydrogens (tertiary/aromatic N) is 3. The first kappa shape index (κ1) is 18.8. The second kappa shape index (κ2) is 7.13.